The van der Waals surface area contributed by atoms with Crippen molar-refractivity contribution in [2.75, 3.05) is 49.6 Å². The van der Waals surface area contributed by atoms with E-state index in [2.05, 4.69) is 37.1 Å². The van der Waals surface area contributed by atoms with Gasteiger partial charge in [0, 0.05) is 31.2 Å². The van der Waals surface area contributed by atoms with E-state index in [1.54, 1.807) is 36.4 Å². The molecule has 39 heavy (non-hydrogen) atoms. The Kier molecular flexibility index (Phi) is 7.55. The minimum atomic E-state index is -3.75. The van der Waals surface area contributed by atoms with Gasteiger partial charge in [-0.3, -0.25) is 9.10 Å². The van der Waals surface area contributed by atoms with Crippen molar-refractivity contribution < 1.29 is 22.7 Å². The number of carbonyl (C=O) groups excluding carboxylic acids is 1. The van der Waals surface area contributed by atoms with Crippen LogP contribution in [-0.4, -0.2) is 65.7 Å². The Labute approximate surface area is 230 Å². The molecule has 1 saturated heterocycles. The zero-order valence-electron chi connectivity index (χ0n) is 22.8. The van der Waals surface area contributed by atoms with Crippen LogP contribution in [0.2, 0.25) is 0 Å². The summed E-state index contributed by atoms with van der Waals surface area (Å²) in [7, 11) is -0.109. The van der Waals surface area contributed by atoms with E-state index < -0.39 is 10.0 Å². The first-order valence-corrected chi connectivity index (χ1v) is 14.7. The molecule has 0 N–H and O–H groups in total. The molecule has 0 aliphatic carbocycles. The lowest BCUT2D eigenvalue weighted by Crippen LogP contribution is -2.48. The fraction of sp³-hybridized carbons (Fsp3) is 0.367. The Morgan fingerprint density at radius 1 is 1.00 bits per heavy atom. The number of likely N-dealkylation sites (N-methyl/N-ethyl adjacent to an activating group) is 1. The largest absolute Gasteiger partial charge is 0.494 e. The third kappa shape index (κ3) is 5.33. The maximum absolute atomic E-state index is 13.4. The lowest BCUT2D eigenvalue weighted by atomic mass is 9.89. The van der Waals surface area contributed by atoms with Crippen molar-refractivity contribution in [1.29, 1.82) is 0 Å². The van der Waals surface area contributed by atoms with Gasteiger partial charge in [0.1, 0.15) is 11.5 Å². The number of sulfonamides is 1. The Morgan fingerprint density at radius 3 is 2.36 bits per heavy atom. The van der Waals surface area contributed by atoms with Crippen LogP contribution in [0.4, 0.5) is 11.4 Å². The molecule has 0 unspecified atom stereocenters. The van der Waals surface area contributed by atoms with Gasteiger partial charge in [-0.1, -0.05) is 17.7 Å². The van der Waals surface area contributed by atoms with Crippen molar-refractivity contribution in [3.8, 4) is 11.5 Å². The molecule has 2 heterocycles. The van der Waals surface area contributed by atoms with Crippen molar-refractivity contribution in [1.82, 2.24) is 4.90 Å². The molecule has 0 spiro atoms. The molecule has 9 heteroatoms. The van der Waals surface area contributed by atoms with E-state index in [-0.39, 0.29) is 23.5 Å². The second-order valence-corrected chi connectivity index (χ2v) is 12.2. The fourth-order valence-corrected chi connectivity index (χ4v) is 6.74. The highest BCUT2D eigenvalue weighted by Crippen LogP contribution is 2.45. The van der Waals surface area contributed by atoms with Crippen LogP contribution in [0, 0.1) is 6.92 Å². The molecule has 0 bridgehead atoms. The van der Waals surface area contributed by atoms with Crippen molar-refractivity contribution in [3.05, 3.63) is 77.9 Å². The molecule has 1 fully saturated rings. The first kappa shape index (κ1) is 27.0. The first-order valence-electron chi connectivity index (χ1n) is 13.2. The molecule has 2 aliphatic rings. The van der Waals surface area contributed by atoms with Crippen LogP contribution in [0.25, 0.3) is 0 Å². The first-order chi connectivity index (χ1) is 18.7. The van der Waals surface area contributed by atoms with E-state index in [9.17, 15) is 13.2 Å². The molecular formula is C30H35N3O5S. The average Bonchev–Trinajstić information content (AvgIpc) is 3.25. The number of fused-ring (bicyclic) bond motifs is 3. The molecule has 5 rings (SSSR count). The van der Waals surface area contributed by atoms with Gasteiger partial charge in [0.15, 0.2) is 6.61 Å². The predicted octanol–water partition coefficient (Wildman–Crippen LogP) is 4.43. The minimum Gasteiger partial charge on any atom is -0.494 e. The average molecular weight is 550 g/mol. The Balaban J connectivity index is 1.26. The summed E-state index contributed by atoms with van der Waals surface area (Å²) in [6.45, 7) is 6.26. The Morgan fingerprint density at radius 2 is 1.67 bits per heavy atom. The molecule has 0 aromatic heterocycles. The van der Waals surface area contributed by atoms with E-state index in [0.717, 1.165) is 25.2 Å². The summed E-state index contributed by atoms with van der Waals surface area (Å²) in [5.41, 5.74) is 3.90. The van der Waals surface area contributed by atoms with Gasteiger partial charge in [0.05, 0.1) is 17.2 Å². The third-order valence-corrected chi connectivity index (χ3v) is 9.38. The number of likely N-dealkylation sites (tertiary alicyclic amines) is 1. The quantitative estimate of drug-likeness (QED) is 0.414. The molecule has 0 radical (unpaired) electrons. The number of benzene rings is 3. The molecule has 3 aromatic rings. The van der Waals surface area contributed by atoms with Gasteiger partial charge in [0.2, 0.25) is 0 Å². The van der Waals surface area contributed by atoms with E-state index >= 15 is 0 Å². The van der Waals surface area contributed by atoms with Gasteiger partial charge < -0.3 is 19.3 Å². The zero-order chi connectivity index (χ0) is 27.7. The monoisotopic (exact) mass is 549 g/mol. The smallest absolute Gasteiger partial charge is 0.265 e. The highest BCUT2D eigenvalue weighted by molar-refractivity contribution is 7.92. The number of rotatable bonds is 8. The summed E-state index contributed by atoms with van der Waals surface area (Å²) < 4.78 is 38.7. The van der Waals surface area contributed by atoms with Gasteiger partial charge in [0.25, 0.3) is 15.9 Å². The van der Waals surface area contributed by atoms with Crippen LogP contribution in [0.15, 0.2) is 71.6 Å². The summed E-state index contributed by atoms with van der Waals surface area (Å²) in [5, 5.41) is 0. The second-order valence-electron chi connectivity index (χ2n) is 10.2. The number of aryl methyl sites for hydroxylation is 1. The van der Waals surface area contributed by atoms with Crippen molar-refractivity contribution in [2.45, 2.75) is 37.1 Å². The summed E-state index contributed by atoms with van der Waals surface area (Å²) in [5.74, 6) is 1.35. The maximum atomic E-state index is 13.4. The molecular weight excluding hydrogens is 514 g/mol. The van der Waals surface area contributed by atoms with Gasteiger partial charge in [-0.25, -0.2) is 8.42 Å². The van der Waals surface area contributed by atoms with Crippen LogP contribution in [0.5, 0.6) is 11.5 Å². The molecule has 3 aromatic carbocycles. The van der Waals surface area contributed by atoms with E-state index in [1.165, 1.54) is 34.6 Å². The normalized spacial score (nSPS) is 18.8. The van der Waals surface area contributed by atoms with Crippen LogP contribution >= 0.6 is 0 Å². The minimum absolute atomic E-state index is 0.0728. The Bertz CT molecular complexity index is 1440. The topological polar surface area (TPSA) is 79.4 Å². The van der Waals surface area contributed by atoms with E-state index in [4.69, 9.17) is 9.47 Å². The fourth-order valence-electron chi connectivity index (χ4n) is 5.54. The van der Waals surface area contributed by atoms with Crippen molar-refractivity contribution >= 4 is 27.3 Å². The predicted molar refractivity (Wildman–Crippen MR) is 152 cm³/mol. The second kappa shape index (κ2) is 10.9. The number of ether oxygens (including phenoxy) is 2. The molecule has 8 nitrogen and oxygen atoms in total. The van der Waals surface area contributed by atoms with Gasteiger partial charge in [-0.15, -0.1) is 0 Å². The molecule has 206 valence electrons. The van der Waals surface area contributed by atoms with Crippen LogP contribution in [0.1, 0.15) is 30.4 Å². The number of anilines is 2. The highest BCUT2D eigenvalue weighted by Gasteiger charge is 2.43. The Hall–Kier alpha value is -3.56. The van der Waals surface area contributed by atoms with E-state index in [0.29, 0.717) is 29.7 Å². The van der Waals surface area contributed by atoms with E-state index in [1.807, 2.05) is 11.8 Å². The summed E-state index contributed by atoms with van der Waals surface area (Å²) in [4.78, 5) is 17.9. The van der Waals surface area contributed by atoms with Crippen LogP contribution in [-0.2, 0) is 14.8 Å². The summed E-state index contributed by atoms with van der Waals surface area (Å²) >= 11 is 0. The lowest BCUT2D eigenvalue weighted by molar-refractivity contribution is -0.121. The third-order valence-electron chi connectivity index (χ3n) is 7.58. The summed E-state index contributed by atoms with van der Waals surface area (Å²) in [6.07, 6.45) is 0.921. The number of carbonyl (C=O) groups is 1. The number of amides is 1. The van der Waals surface area contributed by atoms with Gasteiger partial charge >= 0.3 is 0 Å². The van der Waals surface area contributed by atoms with Gasteiger partial charge in [-0.05, 0) is 94.0 Å². The standard InChI is InChI=1S/C30H35N3O5S/c1-5-37-23-11-13-25(14-12-23)39(35,36)32(4)22-7-9-24(10-8-22)38-20-30(34)33-28-15-6-21(2)18-26(28)27-19-31(3)17-16-29(27)33/h6-15,18,27,29H,5,16-17,19-20H2,1-4H3/t27-,29+/m1/s1. The number of piperidine rings is 1. The number of hydrogen-bond acceptors (Lipinski definition) is 6. The summed E-state index contributed by atoms with van der Waals surface area (Å²) in [6, 6.07) is 19.5. The lowest BCUT2D eigenvalue weighted by Gasteiger charge is -2.36. The van der Waals surface area contributed by atoms with Crippen LogP contribution in [0.3, 0.4) is 0 Å². The maximum Gasteiger partial charge on any atom is 0.265 e. The zero-order valence-corrected chi connectivity index (χ0v) is 23.6. The molecule has 2 atom stereocenters. The molecule has 2 aliphatic heterocycles. The number of hydrogen-bond donors (Lipinski definition) is 0. The van der Waals surface area contributed by atoms with Crippen molar-refractivity contribution in [2.24, 2.45) is 0 Å². The van der Waals surface area contributed by atoms with Crippen molar-refractivity contribution in [3.63, 3.8) is 0 Å². The molecule has 0 saturated carbocycles. The van der Waals surface area contributed by atoms with Gasteiger partial charge in [-0.2, -0.15) is 0 Å². The van der Waals surface area contributed by atoms with Crippen LogP contribution < -0.4 is 18.7 Å². The molecule has 1 amide bonds. The SMILES string of the molecule is CCOc1ccc(S(=O)(=O)N(C)c2ccc(OCC(=O)N3c4ccc(C)cc4[C@H]4CN(C)CC[C@@H]43)cc2)cc1. The number of nitrogens with zero attached hydrogens (tertiary/aromatic N) is 3. The highest BCUT2D eigenvalue weighted by atomic mass is 32.2.